The summed E-state index contributed by atoms with van der Waals surface area (Å²) in [6.45, 7) is 0. The van der Waals surface area contributed by atoms with Crippen LogP contribution in [0.5, 0.6) is 0 Å². The predicted octanol–water partition coefficient (Wildman–Crippen LogP) is 1.98. The number of nitrogens with one attached hydrogen (secondary N) is 1. The lowest BCUT2D eigenvalue weighted by molar-refractivity contribution is -0.151. The number of aromatic nitrogens is 2. The van der Waals surface area contributed by atoms with Crippen LogP contribution in [0.1, 0.15) is 12.8 Å². The fourth-order valence-electron chi connectivity index (χ4n) is 1.22. The Bertz CT molecular complexity index is 318. The molecular weight excluding hydrogens is 195 g/mol. The third-order valence-electron chi connectivity index (χ3n) is 2.23. The van der Waals surface area contributed by atoms with E-state index in [1.807, 2.05) is 0 Å². The van der Waals surface area contributed by atoms with Gasteiger partial charge in [0.15, 0.2) is 0 Å². The van der Waals surface area contributed by atoms with Gasteiger partial charge in [0.05, 0.1) is 0 Å². The molecule has 0 radical (unpaired) electrons. The van der Waals surface area contributed by atoms with Crippen LogP contribution in [0, 0.1) is 0 Å². The molecule has 6 heteroatoms. The van der Waals surface area contributed by atoms with Crippen LogP contribution in [-0.4, -0.2) is 21.9 Å². The quantitative estimate of drug-likeness (QED) is 0.798. The molecule has 1 aromatic rings. The Hall–Kier alpha value is -1.33. The molecule has 0 amide bonds. The second kappa shape index (κ2) is 2.83. The van der Waals surface area contributed by atoms with Gasteiger partial charge in [0.2, 0.25) is 0 Å². The summed E-state index contributed by atoms with van der Waals surface area (Å²) in [5.74, 6) is 0.169. The van der Waals surface area contributed by atoms with Gasteiger partial charge in [-0.05, 0) is 25.0 Å². The molecule has 3 nitrogen and oxygen atoms in total. The van der Waals surface area contributed by atoms with Crippen molar-refractivity contribution in [2.24, 2.45) is 0 Å². The third kappa shape index (κ3) is 1.51. The van der Waals surface area contributed by atoms with Gasteiger partial charge in [0.1, 0.15) is 11.4 Å². The molecule has 1 aliphatic carbocycles. The summed E-state index contributed by atoms with van der Waals surface area (Å²) in [5, 5.41) is 9.43. The lowest BCUT2D eigenvalue weighted by Gasteiger charge is -2.20. The second-order valence-corrected chi connectivity index (χ2v) is 3.31. The summed E-state index contributed by atoms with van der Waals surface area (Å²) < 4.78 is 37.4. The van der Waals surface area contributed by atoms with Gasteiger partial charge in [-0.2, -0.15) is 18.3 Å². The topological polar surface area (TPSA) is 37.8 Å². The zero-order chi connectivity index (χ0) is 10.2. The lowest BCUT2D eigenvalue weighted by Crippen LogP contribution is -2.38. The first kappa shape index (κ1) is 9.23. The molecule has 0 aliphatic heterocycles. The van der Waals surface area contributed by atoms with E-state index < -0.39 is 11.7 Å². The standard InChI is InChI=1S/C8H8F3N3/c9-8(10,11)7(3-4-7)13-6-2-1-5-12-14-6/h1-2,5H,3-4H2,(H,13,14). The molecule has 14 heavy (non-hydrogen) atoms. The minimum atomic E-state index is -4.22. The van der Waals surface area contributed by atoms with Gasteiger partial charge in [0.25, 0.3) is 0 Å². The van der Waals surface area contributed by atoms with E-state index in [2.05, 4.69) is 15.5 Å². The SMILES string of the molecule is FC(F)(F)C1(Nc2cccnn2)CC1. The highest BCUT2D eigenvalue weighted by Gasteiger charge is 2.63. The van der Waals surface area contributed by atoms with Crippen molar-refractivity contribution in [1.82, 2.24) is 10.2 Å². The highest BCUT2D eigenvalue weighted by Crippen LogP contribution is 2.50. The van der Waals surface area contributed by atoms with E-state index in [1.54, 1.807) is 6.07 Å². The Morgan fingerprint density at radius 2 is 2.07 bits per heavy atom. The minimum Gasteiger partial charge on any atom is -0.355 e. The van der Waals surface area contributed by atoms with Crippen LogP contribution < -0.4 is 5.32 Å². The molecule has 0 spiro atoms. The first-order valence-corrected chi connectivity index (χ1v) is 4.16. The van der Waals surface area contributed by atoms with Gasteiger partial charge in [0, 0.05) is 6.20 Å². The molecule has 2 rings (SSSR count). The largest absolute Gasteiger partial charge is 0.411 e. The summed E-state index contributed by atoms with van der Waals surface area (Å²) >= 11 is 0. The maximum atomic E-state index is 12.5. The molecule has 1 fully saturated rings. The number of hydrogen-bond acceptors (Lipinski definition) is 3. The van der Waals surface area contributed by atoms with Gasteiger partial charge in [-0.1, -0.05) is 0 Å². The van der Waals surface area contributed by atoms with Crippen LogP contribution >= 0.6 is 0 Å². The van der Waals surface area contributed by atoms with Crippen LogP contribution in [0.4, 0.5) is 19.0 Å². The molecule has 0 unspecified atom stereocenters. The molecule has 76 valence electrons. The highest BCUT2D eigenvalue weighted by molar-refractivity contribution is 5.40. The monoisotopic (exact) mass is 203 g/mol. The van der Waals surface area contributed by atoms with Crippen molar-refractivity contribution in [1.29, 1.82) is 0 Å². The smallest absolute Gasteiger partial charge is 0.355 e. The Morgan fingerprint density at radius 3 is 2.50 bits per heavy atom. The fraction of sp³-hybridized carbons (Fsp3) is 0.500. The lowest BCUT2D eigenvalue weighted by atomic mass is 10.2. The van der Waals surface area contributed by atoms with E-state index in [4.69, 9.17) is 0 Å². The Labute approximate surface area is 78.3 Å². The average molecular weight is 203 g/mol. The number of halogens is 3. The predicted molar refractivity (Wildman–Crippen MR) is 43.7 cm³/mol. The van der Waals surface area contributed by atoms with E-state index in [0.717, 1.165) is 0 Å². The molecule has 1 aliphatic rings. The van der Waals surface area contributed by atoms with Crippen molar-refractivity contribution in [2.45, 2.75) is 24.6 Å². The zero-order valence-electron chi connectivity index (χ0n) is 7.17. The summed E-state index contributed by atoms with van der Waals surface area (Å²) in [6.07, 6.45) is -2.59. The van der Waals surface area contributed by atoms with Gasteiger partial charge in [-0.3, -0.25) is 0 Å². The van der Waals surface area contributed by atoms with Crippen molar-refractivity contribution >= 4 is 5.82 Å². The second-order valence-electron chi connectivity index (χ2n) is 3.31. The number of hydrogen-bond donors (Lipinski definition) is 1. The number of rotatable bonds is 2. The molecular formula is C8H8F3N3. The maximum absolute atomic E-state index is 12.5. The first-order chi connectivity index (χ1) is 6.54. The van der Waals surface area contributed by atoms with Crippen molar-refractivity contribution in [3.8, 4) is 0 Å². The molecule has 0 bridgehead atoms. The summed E-state index contributed by atoms with van der Waals surface area (Å²) in [4.78, 5) is 0. The first-order valence-electron chi connectivity index (χ1n) is 4.16. The third-order valence-corrected chi connectivity index (χ3v) is 2.23. The summed E-state index contributed by atoms with van der Waals surface area (Å²) in [6, 6.07) is 3.01. The van der Waals surface area contributed by atoms with Crippen molar-refractivity contribution < 1.29 is 13.2 Å². The number of anilines is 1. The maximum Gasteiger partial charge on any atom is 0.411 e. The molecule has 0 saturated heterocycles. The Balaban J connectivity index is 2.13. The van der Waals surface area contributed by atoms with E-state index in [-0.39, 0.29) is 18.7 Å². The van der Waals surface area contributed by atoms with Gasteiger partial charge >= 0.3 is 6.18 Å². The van der Waals surface area contributed by atoms with Gasteiger partial charge in [-0.15, -0.1) is 5.10 Å². The number of alkyl halides is 3. The number of nitrogens with zero attached hydrogens (tertiary/aromatic N) is 2. The van der Waals surface area contributed by atoms with E-state index in [1.165, 1.54) is 12.3 Å². The Kier molecular flexibility index (Phi) is 1.87. The average Bonchev–Trinajstić information content (AvgIpc) is 2.86. The summed E-state index contributed by atoms with van der Waals surface area (Å²) in [5.41, 5.74) is -1.76. The van der Waals surface area contributed by atoms with Crippen LogP contribution in [0.3, 0.4) is 0 Å². The van der Waals surface area contributed by atoms with Gasteiger partial charge < -0.3 is 5.32 Å². The molecule has 0 aromatic carbocycles. The van der Waals surface area contributed by atoms with Crippen molar-refractivity contribution in [2.75, 3.05) is 5.32 Å². The van der Waals surface area contributed by atoms with E-state index >= 15 is 0 Å². The molecule has 1 saturated carbocycles. The molecule has 1 aromatic heterocycles. The van der Waals surface area contributed by atoms with Crippen molar-refractivity contribution in [3.05, 3.63) is 18.3 Å². The van der Waals surface area contributed by atoms with Crippen LogP contribution in [0.15, 0.2) is 18.3 Å². The Morgan fingerprint density at radius 1 is 1.36 bits per heavy atom. The van der Waals surface area contributed by atoms with E-state index in [9.17, 15) is 13.2 Å². The minimum absolute atomic E-state index is 0.104. The van der Waals surface area contributed by atoms with E-state index in [0.29, 0.717) is 0 Å². The van der Waals surface area contributed by atoms with Crippen LogP contribution in [0.25, 0.3) is 0 Å². The van der Waals surface area contributed by atoms with Crippen LogP contribution in [0.2, 0.25) is 0 Å². The van der Waals surface area contributed by atoms with Crippen molar-refractivity contribution in [3.63, 3.8) is 0 Å². The van der Waals surface area contributed by atoms with Gasteiger partial charge in [-0.25, -0.2) is 0 Å². The zero-order valence-corrected chi connectivity index (χ0v) is 7.17. The summed E-state index contributed by atoms with van der Waals surface area (Å²) in [7, 11) is 0. The highest BCUT2D eigenvalue weighted by atomic mass is 19.4. The van der Waals surface area contributed by atoms with Crippen LogP contribution in [-0.2, 0) is 0 Å². The normalized spacial score (nSPS) is 19.1. The molecule has 1 heterocycles. The fourth-order valence-corrected chi connectivity index (χ4v) is 1.22. The molecule has 0 atom stereocenters. The molecule has 1 N–H and O–H groups in total.